The number of esters is 1. The zero-order valence-electron chi connectivity index (χ0n) is 15.9. The van der Waals surface area contributed by atoms with Gasteiger partial charge in [-0.15, -0.1) is 0 Å². The highest BCUT2D eigenvalue weighted by molar-refractivity contribution is 5.81. The van der Waals surface area contributed by atoms with E-state index in [1.807, 2.05) is 4.90 Å². The van der Waals surface area contributed by atoms with Crippen molar-refractivity contribution in [2.24, 2.45) is 11.8 Å². The van der Waals surface area contributed by atoms with Crippen LogP contribution in [0.2, 0.25) is 0 Å². The van der Waals surface area contributed by atoms with Gasteiger partial charge in [-0.25, -0.2) is 13.6 Å². The van der Waals surface area contributed by atoms with Gasteiger partial charge in [-0.1, -0.05) is 30.3 Å². The fraction of sp³-hybridized carbons (Fsp3) is 0.619. The van der Waals surface area contributed by atoms with E-state index >= 15 is 0 Å². The summed E-state index contributed by atoms with van der Waals surface area (Å²) < 4.78 is 33.0. The number of alkyl halides is 2. The summed E-state index contributed by atoms with van der Waals surface area (Å²) in [7, 11) is 0. The molecule has 0 amide bonds. The number of hydrogen-bond donors (Lipinski definition) is 2. The maximum atomic E-state index is 13.8. The van der Waals surface area contributed by atoms with Gasteiger partial charge in [0.2, 0.25) is 5.92 Å². The molecule has 0 bridgehead atoms. The molecular formula is C21H28F2N2O3. The van der Waals surface area contributed by atoms with Crippen molar-refractivity contribution in [2.45, 2.75) is 50.0 Å². The van der Waals surface area contributed by atoms with Crippen LogP contribution in [0.25, 0.3) is 0 Å². The largest absolute Gasteiger partial charge is 0.463 e. The van der Waals surface area contributed by atoms with Crippen LogP contribution in [0.4, 0.5) is 8.78 Å². The first-order valence-corrected chi connectivity index (χ1v) is 9.93. The molecule has 0 radical (unpaired) electrons. The molecule has 1 aliphatic heterocycles. The number of hydrogen-bond acceptors (Lipinski definition) is 4. The van der Waals surface area contributed by atoms with Crippen LogP contribution < -0.4 is 0 Å². The van der Waals surface area contributed by atoms with Crippen molar-refractivity contribution in [3.63, 3.8) is 0 Å². The van der Waals surface area contributed by atoms with Gasteiger partial charge in [-0.05, 0) is 37.2 Å². The Hall–Kier alpha value is -2.02. The molecule has 2 fully saturated rings. The van der Waals surface area contributed by atoms with Gasteiger partial charge in [-0.2, -0.15) is 0 Å². The molecule has 1 aliphatic carbocycles. The van der Waals surface area contributed by atoms with Crippen LogP contribution in [0.1, 0.15) is 44.1 Å². The average molecular weight is 394 g/mol. The van der Waals surface area contributed by atoms with Gasteiger partial charge in [-0.3, -0.25) is 5.41 Å². The van der Waals surface area contributed by atoms with Crippen molar-refractivity contribution in [3.05, 3.63) is 35.9 Å². The van der Waals surface area contributed by atoms with E-state index in [0.717, 1.165) is 25.9 Å². The van der Waals surface area contributed by atoms with E-state index in [2.05, 4.69) is 0 Å². The number of piperidine rings is 1. The minimum atomic E-state index is -2.87. The summed E-state index contributed by atoms with van der Waals surface area (Å²) in [6, 6.07) is 8.27. The summed E-state index contributed by atoms with van der Waals surface area (Å²) in [5, 5.41) is 18.6. The minimum Gasteiger partial charge on any atom is -0.463 e. The first-order chi connectivity index (χ1) is 13.3. The fourth-order valence-electron chi connectivity index (χ4n) is 4.40. The highest BCUT2D eigenvalue weighted by Gasteiger charge is 2.54. The Bertz CT molecular complexity index is 685. The molecule has 1 heterocycles. The minimum absolute atomic E-state index is 0.0738. The topological polar surface area (TPSA) is 73.6 Å². The van der Waals surface area contributed by atoms with Crippen molar-refractivity contribution < 1.29 is 23.4 Å². The Kier molecular flexibility index (Phi) is 6.33. The number of rotatable bonds is 7. The molecule has 3 rings (SSSR count). The number of nitrogens with one attached hydrogen (secondary N) is 1. The Balaban J connectivity index is 1.67. The lowest BCUT2D eigenvalue weighted by Crippen LogP contribution is -2.44. The highest BCUT2D eigenvalue weighted by atomic mass is 19.3. The molecule has 3 atom stereocenters. The van der Waals surface area contributed by atoms with Crippen LogP contribution >= 0.6 is 0 Å². The summed E-state index contributed by atoms with van der Waals surface area (Å²) in [6.45, 7) is 1.75. The number of nitrogens with zero attached hydrogens (tertiary/aromatic N) is 1. The first-order valence-electron chi connectivity index (χ1n) is 9.93. The Morgan fingerprint density at radius 2 is 2.11 bits per heavy atom. The number of carbonyl (C=O) groups is 1. The predicted molar refractivity (Wildman–Crippen MR) is 101 cm³/mol. The van der Waals surface area contributed by atoms with Crippen molar-refractivity contribution in [3.8, 4) is 0 Å². The first kappa shape index (κ1) is 20.7. The summed E-state index contributed by atoms with van der Waals surface area (Å²) in [4.78, 5) is 14.8. The third kappa shape index (κ3) is 4.51. The molecular weight excluding hydrogens is 366 g/mol. The van der Waals surface area contributed by atoms with E-state index in [-0.39, 0.29) is 19.4 Å². The molecule has 0 aromatic heterocycles. The van der Waals surface area contributed by atoms with Crippen molar-refractivity contribution in [2.75, 3.05) is 19.7 Å². The molecule has 1 saturated heterocycles. The molecule has 3 unspecified atom stereocenters. The van der Waals surface area contributed by atoms with Crippen molar-refractivity contribution >= 4 is 12.3 Å². The van der Waals surface area contributed by atoms with Gasteiger partial charge in [0.05, 0.1) is 12.9 Å². The molecule has 28 heavy (non-hydrogen) atoms. The van der Waals surface area contributed by atoms with Crippen molar-refractivity contribution in [1.29, 1.82) is 5.41 Å². The number of carbonyl (C=O) groups excluding carboxylic acids is 1. The number of aliphatic hydroxyl groups is 1. The van der Waals surface area contributed by atoms with Gasteiger partial charge < -0.3 is 14.7 Å². The van der Waals surface area contributed by atoms with Crippen molar-refractivity contribution in [1.82, 2.24) is 4.90 Å². The fourth-order valence-corrected chi connectivity index (χ4v) is 4.40. The van der Waals surface area contributed by atoms with Gasteiger partial charge in [0.15, 0.2) is 5.60 Å². The smallest absolute Gasteiger partial charge is 0.343 e. The number of benzene rings is 1. The lowest BCUT2D eigenvalue weighted by Gasteiger charge is -2.33. The Morgan fingerprint density at radius 3 is 2.75 bits per heavy atom. The quantitative estimate of drug-likeness (QED) is 0.421. The van der Waals surface area contributed by atoms with E-state index in [1.54, 1.807) is 30.3 Å². The van der Waals surface area contributed by atoms with Gasteiger partial charge in [0.1, 0.15) is 0 Å². The van der Waals surface area contributed by atoms with Gasteiger partial charge in [0, 0.05) is 31.8 Å². The van der Waals surface area contributed by atoms with Gasteiger partial charge in [0.25, 0.3) is 0 Å². The zero-order valence-corrected chi connectivity index (χ0v) is 15.9. The third-order valence-corrected chi connectivity index (χ3v) is 6.01. The second-order valence-electron chi connectivity index (χ2n) is 7.98. The van der Waals surface area contributed by atoms with E-state index in [0.29, 0.717) is 17.9 Å². The van der Waals surface area contributed by atoms with E-state index in [1.165, 1.54) is 6.34 Å². The van der Waals surface area contributed by atoms with E-state index in [4.69, 9.17) is 10.1 Å². The van der Waals surface area contributed by atoms with Crippen LogP contribution in [0.15, 0.2) is 30.3 Å². The third-order valence-electron chi connectivity index (χ3n) is 6.01. The Labute approximate surface area is 164 Å². The van der Waals surface area contributed by atoms with Crippen LogP contribution in [0.3, 0.4) is 0 Å². The maximum Gasteiger partial charge on any atom is 0.343 e. The molecule has 154 valence electrons. The highest BCUT2D eigenvalue weighted by Crippen LogP contribution is 2.47. The lowest BCUT2D eigenvalue weighted by atomic mass is 9.80. The van der Waals surface area contributed by atoms with E-state index in [9.17, 15) is 18.7 Å². The van der Waals surface area contributed by atoms with Crippen LogP contribution in [-0.2, 0) is 15.1 Å². The SMILES string of the molecule is N=CN1CCCC(CCOC(=O)C(O)(c2ccccc2)C2CCC(F)(F)C2)C1. The molecule has 5 nitrogen and oxygen atoms in total. The molecule has 1 aromatic rings. The van der Waals surface area contributed by atoms with Crippen LogP contribution in [0.5, 0.6) is 0 Å². The molecule has 7 heteroatoms. The van der Waals surface area contributed by atoms with E-state index < -0.39 is 29.8 Å². The standard InChI is InChI=1S/C21H28F2N2O3/c22-20(23)10-8-18(13-20)21(27,17-6-2-1-3-7-17)19(26)28-12-9-16-5-4-11-25(14-16)15-24/h1-3,6-7,15-16,18,24,27H,4-5,8-14H2. The second-order valence-corrected chi connectivity index (χ2v) is 7.98. The number of halogens is 2. The monoisotopic (exact) mass is 394 g/mol. The second kappa shape index (κ2) is 8.55. The number of ether oxygens (including phenoxy) is 1. The average Bonchev–Trinajstić information content (AvgIpc) is 3.08. The Morgan fingerprint density at radius 1 is 1.36 bits per heavy atom. The summed E-state index contributed by atoms with van der Waals surface area (Å²) in [5.74, 6) is -4.28. The zero-order chi connectivity index (χ0) is 20.2. The molecule has 1 aromatic carbocycles. The molecule has 2 N–H and O–H groups in total. The predicted octanol–water partition coefficient (Wildman–Crippen LogP) is 3.56. The lowest BCUT2D eigenvalue weighted by molar-refractivity contribution is -0.175. The molecule has 1 saturated carbocycles. The molecule has 0 spiro atoms. The maximum absolute atomic E-state index is 13.8. The van der Waals surface area contributed by atoms with Gasteiger partial charge >= 0.3 is 5.97 Å². The van der Waals surface area contributed by atoms with Crippen LogP contribution in [-0.4, -0.2) is 47.9 Å². The summed E-state index contributed by atoms with van der Waals surface area (Å²) >= 11 is 0. The number of likely N-dealkylation sites (tertiary alicyclic amines) is 1. The normalized spacial score (nSPS) is 26.5. The molecule has 2 aliphatic rings. The summed E-state index contributed by atoms with van der Waals surface area (Å²) in [6.07, 6.45) is 3.16. The summed E-state index contributed by atoms with van der Waals surface area (Å²) in [5.41, 5.74) is -1.76. The van der Waals surface area contributed by atoms with Crippen LogP contribution in [0, 0.1) is 17.2 Å².